The van der Waals surface area contributed by atoms with Gasteiger partial charge in [0.2, 0.25) is 0 Å². The summed E-state index contributed by atoms with van der Waals surface area (Å²) >= 11 is 3.05. The van der Waals surface area contributed by atoms with E-state index in [4.69, 9.17) is 0 Å². The third-order valence-electron chi connectivity index (χ3n) is 2.72. The van der Waals surface area contributed by atoms with Gasteiger partial charge in [-0.15, -0.1) is 0 Å². The predicted molar refractivity (Wildman–Crippen MR) is 76.1 cm³/mol. The van der Waals surface area contributed by atoms with Crippen LogP contribution in [0.25, 0.3) is 0 Å². The second kappa shape index (κ2) is 5.49. The van der Waals surface area contributed by atoms with E-state index < -0.39 is 26.6 Å². The van der Waals surface area contributed by atoms with Gasteiger partial charge < -0.3 is 0 Å². The van der Waals surface area contributed by atoms with Crippen LogP contribution < -0.4 is 4.31 Å². The van der Waals surface area contributed by atoms with Gasteiger partial charge in [-0.2, -0.15) is 0 Å². The number of rotatable bonds is 3. The molecule has 0 N–H and O–H groups in total. The molecule has 0 aliphatic carbocycles. The van der Waals surface area contributed by atoms with Crippen molar-refractivity contribution in [3.8, 4) is 0 Å². The van der Waals surface area contributed by atoms with E-state index in [-0.39, 0.29) is 5.69 Å². The summed E-state index contributed by atoms with van der Waals surface area (Å²) in [5, 5.41) is 0. The molecule has 0 heterocycles. The van der Waals surface area contributed by atoms with Crippen LogP contribution >= 0.6 is 15.9 Å². The van der Waals surface area contributed by atoms with Crippen molar-refractivity contribution in [3.63, 3.8) is 0 Å². The summed E-state index contributed by atoms with van der Waals surface area (Å²) < 4.78 is 53.2. The van der Waals surface area contributed by atoms with E-state index >= 15 is 0 Å². The van der Waals surface area contributed by atoms with Crippen LogP contribution in [-0.2, 0) is 10.0 Å². The Morgan fingerprint density at radius 2 is 1.70 bits per heavy atom. The van der Waals surface area contributed by atoms with Crippen molar-refractivity contribution in [2.24, 2.45) is 0 Å². The van der Waals surface area contributed by atoms with Gasteiger partial charge in [-0.1, -0.05) is 28.1 Å². The van der Waals surface area contributed by atoms with Crippen molar-refractivity contribution >= 4 is 31.6 Å². The van der Waals surface area contributed by atoms with Gasteiger partial charge >= 0.3 is 0 Å². The molecule has 0 aromatic heterocycles. The molecule has 0 unspecified atom stereocenters. The highest BCUT2D eigenvalue weighted by Crippen LogP contribution is 2.27. The largest absolute Gasteiger partial charge is 0.267 e. The first-order valence-electron chi connectivity index (χ1n) is 5.52. The van der Waals surface area contributed by atoms with E-state index in [1.807, 2.05) is 0 Å². The maximum Gasteiger partial charge on any atom is 0.267 e. The standard InChI is InChI=1S/C13H10BrF2NO2S/c1-17(12-5-3-2-4-10(12)15)20(18,19)13-7-6-9(14)8-11(13)16/h2-8H,1H3. The maximum absolute atomic E-state index is 13.8. The first-order valence-corrected chi connectivity index (χ1v) is 7.76. The Balaban J connectivity index is 2.53. The van der Waals surface area contributed by atoms with Crippen molar-refractivity contribution in [3.05, 3.63) is 58.6 Å². The molecule has 0 aliphatic heterocycles. The van der Waals surface area contributed by atoms with Crippen LogP contribution in [0.3, 0.4) is 0 Å². The number of hydrogen-bond acceptors (Lipinski definition) is 2. The SMILES string of the molecule is CN(c1ccccc1F)S(=O)(=O)c1ccc(Br)cc1F. The number of nitrogens with zero attached hydrogens (tertiary/aromatic N) is 1. The van der Waals surface area contributed by atoms with E-state index in [2.05, 4.69) is 15.9 Å². The second-order valence-electron chi connectivity index (χ2n) is 4.00. The summed E-state index contributed by atoms with van der Waals surface area (Å²) in [6.07, 6.45) is 0. The molecule has 0 radical (unpaired) electrons. The van der Waals surface area contributed by atoms with Crippen molar-refractivity contribution in [2.45, 2.75) is 4.90 Å². The van der Waals surface area contributed by atoms with Crippen LogP contribution in [0.4, 0.5) is 14.5 Å². The zero-order chi connectivity index (χ0) is 14.9. The van der Waals surface area contributed by atoms with E-state index in [0.29, 0.717) is 8.78 Å². The maximum atomic E-state index is 13.8. The highest BCUT2D eigenvalue weighted by atomic mass is 79.9. The summed E-state index contributed by atoms with van der Waals surface area (Å²) in [6, 6.07) is 8.98. The van der Waals surface area contributed by atoms with Crippen molar-refractivity contribution < 1.29 is 17.2 Å². The molecule has 0 saturated heterocycles. The first-order chi connectivity index (χ1) is 9.34. The molecule has 3 nitrogen and oxygen atoms in total. The summed E-state index contributed by atoms with van der Waals surface area (Å²) in [6.45, 7) is 0. The highest BCUT2D eigenvalue weighted by molar-refractivity contribution is 9.10. The molecular formula is C13H10BrF2NO2S. The van der Waals surface area contributed by atoms with Crippen molar-refractivity contribution in [1.29, 1.82) is 0 Å². The van der Waals surface area contributed by atoms with Gasteiger partial charge in [-0.05, 0) is 30.3 Å². The molecule has 20 heavy (non-hydrogen) atoms. The monoisotopic (exact) mass is 361 g/mol. The Morgan fingerprint density at radius 1 is 1.05 bits per heavy atom. The van der Waals surface area contributed by atoms with Crippen LogP contribution in [-0.4, -0.2) is 15.5 Å². The van der Waals surface area contributed by atoms with E-state index in [0.717, 1.165) is 18.2 Å². The Bertz CT molecular complexity index is 750. The molecule has 0 atom stereocenters. The quantitative estimate of drug-likeness (QED) is 0.838. The molecular weight excluding hydrogens is 352 g/mol. The number of halogens is 3. The van der Waals surface area contributed by atoms with Crippen LogP contribution in [0.1, 0.15) is 0 Å². The molecule has 0 saturated carbocycles. The van der Waals surface area contributed by atoms with Gasteiger partial charge in [0.1, 0.15) is 16.5 Å². The lowest BCUT2D eigenvalue weighted by Gasteiger charge is -2.20. The number of hydrogen-bond donors (Lipinski definition) is 0. The lowest BCUT2D eigenvalue weighted by molar-refractivity contribution is 0.563. The molecule has 0 bridgehead atoms. The number of benzene rings is 2. The third-order valence-corrected chi connectivity index (χ3v) is 5.02. The summed E-state index contributed by atoms with van der Waals surface area (Å²) in [5.74, 6) is -1.60. The Hall–Kier alpha value is -1.47. The summed E-state index contributed by atoms with van der Waals surface area (Å²) in [7, 11) is -2.99. The molecule has 106 valence electrons. The molecule has 0 aliphatic rings. The van der Waals surface area contributed by atoms with E-state index in [1.165, 1.54) is 31.3 Å². The predicted octanol–water partition coefficient (Wildman–Crippen LogP) is 3.55. The fourth-order valence-corrected chi connectivity index (χ4v) is 3.25. The number of sulfonamides is 1. The molecule has 0 amide bonds. The van der Waals surface area contributed by atoms with Gasteiger partial charge in [0, 0.05) is 11.5 Å². The fourth-order valence-electron chi connectivity index (χ4n) is 1.67. The Labute approximate surface area is 124 Å². The van der Waals surface area contributed by atoms with Gasteiger partial charge in [0.15, 0.2) is 0 Å². The minimum atomic E-state index is -4.16. The average Bonchev–Trinajstić information content (AvgIpc) is 2.38. The van der Waals surface area contributed by atoms with Crippen LogP contribution in [0, 0.1) is 11.6 Å². The minimum Gasteiger partial charge on any atom is -0.266 e. The van der Waals surface area contributed by atoms with Crippen molar-refractivity contribution in [1.82, 2.24) is 0 Å². The number of para-hydroxylation sites is 1. The average molecular weight is 362 g/mol. The molecule has 0 fully saturated rings. The smallest absolute Gasteiger partial charge is 0.266 e. The lowest BCUT2D eigenvalue weighted by atomic mass is 10.3. The van der Waals surface area contributed by atoms with Gasteiger partial charge in [0.25, 0.3) is 10.0 Å². The van der Waals surface area contributed by atoms with Crippen LogP contribution in [0.5, 0.6) is 0 Å². The molecule has 2 aromatic rings. The normalized spacial score (nSPS) is 11.4. The van der Waals surface area contributed by atoms with Gasteiger partial charge in [0.05, 0.1) is 5.69 Å². The van der Waals surface area contributed by atoms with Gasteiger partial charge in [-0.25, -0.2) is 17.2 Å². The summed E-state index contributed by atoms with van der Waals surface area (Å²) in [5.41, 5.74) is -0.144. The second-order valence-corrected chi connectivity index (χ2v) is 6.85. The molecule has 2 rings (SSSR count). The lowest BCUT2D eigenvalue weighted by Crippen LogP contribution is -2.28. The highest BCUT2D eigenvalue weighted by Gasteiger charge is 2.26. The number of anilines is 1. The van der Waals surface area contributed by atoms with E-state index in [9.17, 15) is 17.2 Å². The molecule has 0 spiro atoms. The Kier molecular flexibility index (Phi) is 4.10. The van der Waals surface area contributed by atoms with Crippen LogP contribution in [0.15, 0.2) is 51.8 Å². The third kappa shape index (κ3) is 2.69. The zero-order valence-corrected chi connectivity index (χ0v) is 12.7. The first kappa shape index (κ1) is 14.9. The minimum absolute atomic E-state index is 0.144. The molecule has 7 heteroatoms. The summed E-state index contributed by atoms with van der Waals surface area (Å²) in [4.78, 5) is -0.508. The molecule has 2 aromatic carbocycles. The zero-order valence-electron chi connectivity index (χ0n) is 10.3. The van der Waals surface area contributed by atoms with Crippen LogP contribution in [0.2, 0.25) is 0 Å². The Morgan fingerprint density at radius 3 is 2.30 bits per heavy atom. The van der Waals surface area contributed by atoms with Crippen molar-refractivity contribution in [2.75, 3.05) is 11.4 Å². The fraction of sp³-hybridized carbons (Fsp3) is 0.0769. The topological polar surface area (TPSA) is 37.4 Å². The van der Waals surface area contributed by atoms with Gasteiger partial charge in [-0.3, -0.25) is 4.31 Å². The van der Waals surface area contributed by atoms with E-state index in [1.54, 1.807) is 0 Å².